The number of rotatable bonds is 3. The minimum Gasteiger partial charge on any atom is -0.377 e. The van der Waals surface area contributed by atoms with Crippen molar-refractivity contribution in [2.45, 2.75) is 25.4 Å². The molecule has 0 aliphatic carbocycles. The van der Waals surface area contributed by atoms with Gasteiger partial charge in [-0.2, -0.15) is 11.3 Å². The van der Waals surface area contributed by atoms with E-state index in [1.807, 2.05) is 16.8 Å². The number of carbonyl (C=O) groups excluding carboxylic acids is 1. The van der Waals surface area contributed by atoms with E-state index in [1.165, 1.54) is 25.8 Å². The number of fused-ring (bicyclic) bond motifs is 1. The number of hydrogen-bond acceptors (Lipinski definition) is 4. The first kappa shape index (κ1) is 14.7. The Balaban J connectivity index is 1.34. The Morgan fingerprint density at radius 1 is 1.27 bits per heavy atom. The topological polar surface area (TPSA) is 32.8 Å². The summed E-state index contributed by atoms with van der Waals surface area (Å²) >= 11 is 1.60. The van der Waals surface area contributed by atoms with Gasteiger partial charge in [-0.25, -0.2) is 0 Å². The van der Waals surface area contributed by atoms with Crippen LogP contribution in [0.15, 0.2) is 16.8 Å². The third kappa shape index (κ3) is 2.94. The third-order valence-electron chi connectivity index (χ3n) is 5.43. The monoisotopic (exact) mass is 320 g/mol. The van der Waals surface area contributed by atoms with Crippen LogP contribution in [0.2, 0.25) is 0 Å². The molecule has 1 aromatic heterocycles. The minimum atomic E-state index is 0.223. The standard InChI is InChI=1S/C17H24N2O2S/c20-17(14-4-7-22-12-14)19-9-13-3-5-18(8-15(13)10-19)11-16-2-1-6-21-16/h4,7,12-13,15-16H,1-3,5-6,8-11H2/t13-,15+,16-/m0/s1. The zero-order chi connectivity index (χ0) is 14.9. The van der Waals surface area contributed by atoms with Gasteiger partial charge >= 0.3 is 0 Å². The molecule has 0 bridgehead atoms. The van der Waals surface area contributed by atoms with E-state index in [2.05, 4.69) is 9.80 Å². The molecule has 0 spiro atoms. The molecule has 4 rings (SSSR count). The zero-order valence-electron chi connectivity index (χ0n) is 12.9. The van der Waals surface area contributed by atoms with Gasteiger partial charge in [-0.05, 0) is 49.1 Å². The summed E-state index contributed by atoms with van der Waals surface area (Å²) in [5, 5.41) is 3.95. The fourth-order valence-electron chi connectivity index (χ4n) is 4.22. The largest absolute Gasteiger partial charge is 0.377 e. The molecule has 3 saturated heterocycles. The predicted octanol–water partition coefficient (Wildman–Crippen LogP) is 2.32. The lowest BCUT2D eigenvalue weighted by Crippen LogP contribution is -2.43. The van der Waals surface area contributed by atoms with Gasteiger partial charge in [-0.3, -0.25) is 4.79 Å². The van der Waals surface area contributed by atoms with E-state index >= 15 is 0 Å². The third-order valence-corrected chi connectivity index (χ3v) is 6.11. The highest BCUT2D eigenvalue weighted by atomic mass is 32.1. The summed E-state index contributed by atoms with van der Waals surface area (Å²) in [5.41, 5.74) is 0.861. The summed E-state index contributed by atoms with van der Waals surface area (Å²) in [6, 6.07) is 1.94. The van der Waals surface area contributed by atoms with E-state index in [-0.39, 0.29) is 5.91 Å². The summed E-state index contributed by atoms with van der Waals surface area (Å²) in [4.78, 5) is 17.2. The lowest BCUT2D eigenvalue weighted by Gasteiger charge is -2.35. The van der Waals surface area contributed by atoms with Crippen LogP contribution in [0.3, 0.4) is 0 Å². The first-order valence-corrected chi connectivity index (χ1v) is 9.39. The van der Waals surface area contributed by atoms with Gasteiger partial charge in [-0.1, -0.05) is 0 Å². The lowest BCUT2D eigenvalue weighted by molar-refractivity contribution is 0.0506. The Morgan fingerprint density at radius 2 is 2.18 bits per heavy atom. The molecular formula is C17H24N2O2S. The van der Waals surface area contributed by atoms with Crippen molar-refractivity contribution in [2.75, 3.05) is 39.3 Å². The summed E-state index contributed by atoms with van der Waals surface area (Å²) in [7, 11) is 0. The van der Waals surface area contributed by atoms with Gasteiger partial charge in [-0.15, -0.1) is 0 Å². The van der Waals surface area contributed by atoms with Gasteiger partial charge in [0.25, 0.3) is 5.91 Å². The molecule has 4 heterocycles. The van der Waals surface area contributed by atoms with Crippen molar-refractivity contribution in [1.82, 2.24) is 9.80 Å². The van der Waals surface area contributed by atoms with Crippen LogP contribution in [0.1, 0.15) is 29.6 Å². The van der Waals surface area contributed by atoms with Gasteiger partial charge in [0, 0.05) is 38.2 Å². The van der Waals surface area contributed by atoms with E-state index in [0.29, 0.717) is 17.9 Å². The van der Waals surface area contributed by atoms with Crippen LogP contribution in [0.5, 0.6) is 0 Å². The number of ether oxygens (including phenoxy) is 1. The number of thiophene rings is 1. The van der Waals surface area contributed by atoms with E-state index in [9.17, 15) is 4.79 Å². The van der Waals surface area contributed by atoms with E-state index in [0.717, 1.165) is 38.3 Å². The molecule has 1 aromatic rings. The van der Waals surface area contributed by atoms with Gasteiger partial charge < -0.3 is 14.5 Å². The lowest BCUT2D eigenvalue weighted by atomic mass is 9.88. The molecule has 1 amide bonds. The quantitative estimate of drug-likeness (QED) is 0.857. The molecule has 3 fully saturated rings. The van der Waals surface area contributed by atoms with Crippen molar-refractivity contribution in [3.8, 4) is 0 Å². The highest BCUT2D eigenvalue weighted by Crippen LogP contribution is 2.32. The second-order valence-electron chi connectivity index (χ2n) is 6.93. The number of amides is 1. The van der Waals surface area contributed by atoms with Gasteiger partial charge in [0.1, 0.15) is 0 Å². The SMILES string of the molecule is O=C(c1ccsc1)N1C[C@H]2CN(C[C@@H]3CCCO3)CC[C@H]2C1. The maximum Gasteiger partial charge on any atom is 0.254 e. The highest BCUT2D eigenvalue weighted by Gasteiger charge is 2.39. The molecule has 120 valence electrons. The zero-order valence-corrected chi connectivity index (χ0v) is 13.8. The average Bonchev–Trinajstić information content (AvgIpc) is 3.27. The normalized spacial score (nSPS) is 32.4. The first-order valence-electron chi connectivity index (χ1n) is 8.45. The van der Waals surface area contributed by atoms with Crippen molar-refractivity contribution >= 4 is 17.2 Å². The van der Waals surface area contributed by atoms with Crippen molar-refractivity contribution in [1.29, 1.82) is 0 Å². The van der Waals surface area contributed by atoms with Crippen LogP contribution < -0.4 is 0 Å². The first-order chi connectivity index (χ1) is 10.8. The molecule has 0 radical (unpaired) electrons. The van der Waals surface area contributed by atoms with Crippen LogP contribution in [0, 0.1) is 11.8 Å². The van der Waals surface area contributed by atoms with Crippen LogP contribution in [0.4, 0.5) is 0 Å². The van der Waals surface area contributed by atoms with E-state index in [1.54, 1.807) is 11.3 Å². The molecule has 3 atom stereocenters. The fourth-order valence-corrected chi connectivity index (χ4v) is 4.85. The Hall–Kier alpha value is -0.910. The molecule has 0 aromatic carbocycles. The second-order valence-corrected chi connectivity index (χ2v) is 7.71. The second kappa shape index (κ2) is 6.30. The smallest absolute Gasteiger partial charge is 0.254 e. The molecule has 3 aliphatic rings. The molecule has 4 nitrogen and oxygen atoms in total. The van der Waals surface area contributed by atoms with Gasteiger partial charge in [0.15, 0.2) is 0 Å². The average molecular weight is 320 g/mol. The number of likely N-dealkylation sites (tertiary alicyclic amines) is 2. The number of carbonyl (C=O) groups is 1. The molecule has 0 unspecified atom stereocenters. The van der Waals surface area contributed by atoms with Crippen LogP contribution >= 0.6 is 11.3 Å². The maximum absolute atomic E-state index is 12.5. The summed E-state index contributed by atoms with van der Waals surface area (Å²) < 4.78 is 5.77. The van der Waals surface area contributed by atoms with Crippen molar-refractivity contribution in [3.63, 3.8) is 0 Å². The summed E-state index contributed by atoms with van der Waals surface area (Å²) in [6.07, 6.45) is 4.10. The molecule has 22 heavy (non-hydrogen) atoms. The van der Waals surface area contributed by atoms with Crippen molar-refractivity contribution in [3.05, 3.63) is 22.4 Å². The Labute approximate surface area is 136 Å². The summed E-state index contributed by atoms with van der Waals surface area (Å²) in [5.74, 6) is 1.57. The van der Waals surface area contributed by atoms with E-state index < -0.39 is 0 Å². The Kier molecular flexibility index (Phi) is 4.20. The molecule has 5 heteroatoms. The van der Waals surface area contributed by atoms with Crippen molar-refractivity contribution in [2.24, 2.45) is 11.8 Å². The number of hydrogen-bond donors (Lipinski definition) is 0. The number of nitrogens with zero attached hydrogens (tertiary/aromatic N) is 2. The number of piperidine rings is 1. The van der Waals surface area contributed by atoms with Crippen LogP contribution in [-0.4, -0.2) is 61.1 Å². The summed E-state index contributed by atoms with van der Waals surface area (Å²) in [6.45, 7) is 6.21. The molecule has 0 N–H and O–H groups in total. The van der Waals surface area contributed by atoms with E-state index in [4.69, 9.17) is 4.74 Å². The van der Waals surface area contributed by atoms with Crippen LogP contribution in [-0.2, 0) is 4.74 Å². The van der Waals surface area contributed by atoms with Crippen LogP contribution in [0.25, 0.3) is 0 Å². The maximum atomic E-state index is 12.5. The molecule has 3 aliphatic heterocycles. The predicted molar refractivity (Wildman–Crippen MR) is 87.2 cm³/mol. The highest BCUT2D eigenvalue weighted by molar-refractivity contribution is 7.08. The van der Waals surface area contributed by atoms with Gasteiger partial charge in [0.05, 0.1) is 11.7 Å². The minimum absolute atomic E-state index is 0.223. The molecular weight excluding hydrogens is 296 g/mol. The molecule has 0 saturated carbocycles. The van der Waals surface area contributed by atoms with Crippen molar-refractivity contribution < 1.29 is 9.53 Å². The Morgan fingerprint density at radius 3 is 2.95 bits per heavy atom. The fraction of sp³-hybridized carbons (Fsp3) is 0.706. The Bertz CT molecular complexity index is 513. The van der Waals surface area contributed by atoms with Gasteiger partial charge in [0.2, 0.25) is 0 Å².